The highest BCUT2D eigenvalue weighted by atomic mass is 16.3. The number of hydrogen-bond acceptors (Lipinski definition) is 3. The van der Waals surface area contributed by atoms with Gasteiger partial charge in [0.25, 0.3) is 0 Å². The molecule has 0 aliphatic carbocycles. The van der Waals surface area contributed by atoms with Gasteiger partial charge < -0.3 is 4.90 Å². The van der Waals surface area contributed by atoms with Crippen LogP contribution in [0.3, 0.4) is 0 Å². The third-order valence-corrected chi connectivity index (χ3v) is 3.04. The molecule has 3 nitrogen and oxygen atoms in total. The molecule has 0 bridgehead atoms. The van der Waals surface area contributed by atoms with Crippen LogP contribution in [0.25, 0.3) is 0 Å². The van der Waals surface area contributed by atoms with Gasteiger partial charge in [0, 0.05) is 13.1 Å². The Hall–Kier alpha value is -1.38. The lowest BCUT2D eigenvalue weighted by molar-refractivity contribution is 0.590. The van der Waals surface area contributed by atoms with Gasteiger partial charge in [-0.3, -0.25) is 0 Å². The first kappa shape index (κ1) is 13.7. The number of rotatable bonds is 4. The van der Waals surface area contributed by atoms with Crippen LogP contribution in [0.1, 0.15) is 40.2 Å². The normalized spacial score (nSPS) is 11.4. The van der Waals surface area contributed by atoms with Crippen molar-refractivity contribution in [2.75, 3.05) is 18.0 Å². The van der Waals surface area contributed by atoms with Crippen LogP contribution >= 0.6 is 0 Å². The van der Waals surface area contributed by atoms with E-state index in [1.165, 1.54) is 0 Å². The second kappa shape index (κ2) is 5.30. The zero-order valence-corrected chi connectivity index (χ0v) is 11.4. The van der Waals surface area contributed by atoms with Gasteiger partial charge >= 0.3 is 0 Å². The van der Waals surface area contributed by atoms with Crippen molar-refractivity contribution in [3.05, 3.63) is 28.7 Å². The molecule has 0 aromatic heterocycles. The Balaban J connectivity index is 3.23. The Morgan fingerprint density at radius 2 is 1.76 bits per heavy atom. The van der Waals surface area contributed by atoms with Gasteiger partial charge in [-0.25, -0.2) is 0 Å². The quantitative estimate of drug-likeness (QED) is 0.730. The van der Waals surface area contributed by atoms with Crippen molar-refractivity contribution in [2.24, 2.45) is 5.18 Å². The Kier molecular flexibility index (Phi) is 4.27. The number of benzene rings is 1. The third-order valence-electron chi connectivity index (χ3n) is 3.04. The molecule has 0 saturated heterocycles. The molecule has 0 aliphatic rings. The molecule has 1 aromatic carbocycles. The van der Waals surface area contributed by atoms with Gasteiger partial charge in [-0.05, 0) is 42.1 Å². The second-order valence-corrected chi connectivity index (χ2v) is 5.22. The number of nitrogens with zero attached hydrogens (tertiary/aromatic N) is 2. The van der Waals surface area contributed by atoms with E-state index in [4.69, 9.17) is 0 Å². The predicted molar refractivity (Wildman–Crippen MR) is 74.2 cm³/mol. The molecule has 94 valence electrons. The Morgan fingerprint density at radius 3 is 2.18 bits per heavy atom. The lowest BCUT2D eigenvalue weighted by Crippen LogP contribution is -2.22. The lowest BCUT2D eigenvalue weighted by atomic mass is 9.86. The predicted octanol–water partition coefficient (Wildman–Crippen LogP) is 4.23. The molecule has 0 saturated carbocycles. The van der Waals surface area contributed by atoms with Crippen LogP contribution in [0, 0.1) is 4.91 Å². The lowest BCUT2D eigenvalue weighted by Gasteiger charge is -2.25. The van der Waals surface area contributed by atoms with Crippen LogP contribution < -0.4 is 4.90 Å². The Labute approximate surface area is 104 Å². The molecular weight excluding hydrogens is 212 g/mol. The highest BCUT2D eigenvalue weighted by molar-refractivity contribution is 5.68. The highest BCUT2D eigenvalue weighted by Gasteiger charge is 2.17. The largest absolute Gasteiger partial charge is 0.370 e. The van der Waals surface area contributed by atoms with E-state index < -0.39 is 0 Å². The molecule has 0 heterocycles. The van der Waals surface area contributed by atoms with Crippen LogP contribution in [0.2, 0.25) is 0 Å². The van der Waals surface area contributed by atoms with Crippen LogP contribution in [-0.2, 0) is 5.41 Å². The van der Waals surface area contributed by atoms with E-state index in [0.717, 1.165) is 24.3 Å². The summed E-state index contributed by atoms with van der Waals surface area (Å²) in [6, 6.07) is 5.99. The van der Waals surface area contributed by atoms with Gasteiger partial charge in [-0.15, -0.1) is 4.91 Å². The molecule has 0 atom stereocenters. The molecule has 0 amide bonds. The van der Waals surface area contributed by atoms with Crippen LogP contribution in [0.4, 0.5) is 11.4 Å². The van der Waals surface area contributed by atoms with Gasteiger partial charge in [0.05, 0.1) is 5.69 Å². The molecule has 1 rings (SSSR count). The van der Waals surface area contributed by atoms with Crippen molar-refractivity contribution in [3.63, 3.8) is 0 Å². The molecule has 0 unspecified atom stereocenters. The summed E-state index contributed by atoms with van der Waals surface area (Å²) in [6.07, 6.45) is 0. The minimum Gasteiger partial charge on any atom is -0.370 e. The van der Waals surface area contributed by atoms with E-state index in [1.54, 1.807) is 0 Å². The standard InChI is InChI=1S/C14H22N2O/c1-6-16(7-2)13-9-8-11(14(3,4)5)10-12(13)15-17/h8-10H,6-7H2,1-5H3. The minimum absolute atomic E-state index is 0.0429. The number of anilines is 1. The zero-order valence-electron chi connectivity index (χ0n) is 11.4. The second-order valence-electron chi connectivity index (χ2n) is 5.22. The van der Waals surface area contributed by atoms with Crippen LogP contribution in [0.15, 0.2) is 23.4 Å². The van der Waals surface area contributed by atoms with Crippen molar-refractivity contribution >= 4 is 11.4 Å². The first-order valence-corrected chi connectivity index (χ1v) is 6.16. The topological polar surface area (TPSA) is 32.7 Å². The van der Waals surface area contributed by atoms with Crippen molar-refractivity contribution in [1.82, 2.24) is 0 Å². The fraction of sp³-hybridized carbons (Fsp3) is 0.571. The van der Waals surface area contributed by atoms with Crippen LogP contribution in [-0.4, -0.2) is 13.1 Å². The molecule has 0 radical (unpaired) electrons. The maximum absolute atomic E-state index is 11.0. The maximum atomic E-state index is 11.0. The monoisotopic (exact) mass is 234 g/mol. The molecule has 0 fully saturated rings. The van der Waals surface area contributed by atoms with E-state index in [9.17, 15) is 4.91 Å². The van der Waals surface area contributed by atoms with E-state index in [-0.39, 0.29) is 5.41 Å². The Bertz CT molecular complexity index is 390. The summed E-state index contributed by atoms with van der Waals surface area (Å²) in [7, 11) is 0. The summed E-state index contributed by atoms with van der Waals surface area (Å²) in [5.41, 5.74) is 2.66. The zero-order chi connectivity index (χ0) is 13.1. The first-order chi connectivity index (χ1) is 7.93. The molecule has 3 heteroatoms. The molecule has 0 aliphatic heterocycles. The fourth-order valence-electron chi connectivity index (χ4n) is 1.89. The molecule has 1 aromatic rings. The third kappa shape index (κ3) is 3.05. The van der Waals surface area contributed by atoms with E-state index in [1.807, 2.05) is 12.1 Å². The number of nitroso groups, excluding NO2 is 1. The van der Waals surface area contributed by atoms with Crippen molar-refractivity contribution < 1.29 is 0 Å². The van der Waals surface area contributed by atoms with Crippen LogP contribution in [0.5, 0.6) is 0 Å². The SMILES string of the molecule is CCN(CC)c1ccc(C(C)(C)C)cc1N=O. The Morgan fingerprint density at radius 1 is 1.18 bits per heavy atom. The van der Waals surface area contributed by atoms with E-state index in [2.05, 4.69) is 50.8 Å². The van der Waals surface area contributed by atoms with Gasteiger partial charge in [-0.1, -0.05) is 26.8 Å². The highest BCUT2D eigenvalue weighted by Crippen LogP contribution is 2.33. The number of hydrogen-bond donors (Lipinski definition) is 0. The molecule has 0 N–H and O–H groups in total. The summed E-state index contributed by atoms with van der Waals surface area (Å²) in [4.78, 5) is 13.1. The average Bonchev–Trinajstić information content (AvgIpc) is 2.29. The van der Waals surface area contributed by atoms with Gasteiger partial charge in [0.2, 0.25) is 0 Å². The maximum Gasteiger partial charge on any atom is 0.131 e. The fourth-order valence-corrected chi connectivity index (χ4v) is 1.89. The van der Waals surface area contributed by atoms with Crippen molar-refractivity contribution in [1.29, 1.82) is 0 Å². The van der Waals surface area contributed by atoms with Gasteiger partial charge in [0.1, 0.15) is 5.69 Å². The van der Waals surface area contributed by atoms with E-state index >= 15 is 0 Å². The first-order valence-electron chi connectivity index (χ1n) is 6.16. The average molecular weight is 234 g/mol. The molecular formula is C14H22N2O. The molecule has 17 heavy (non-hydrogen) atoms. The summed E-state index contributed by atoms with van der Waals surface area (Å²) < 4.78 is 0. The van der Waals surface area contributed by atoms with Gasteiger partial charge in [-0.2, -0.15) is 0 Å². The van der Waals surface area contributed by atoms with Crippen molar-refractivity contribution in [3.8, 4) is 0 Å². The minimum atomic E-state index is 0.0429. The molecule has 0 spiro atoms. The summed E-state index contributed by atoms with van der Waals surface area (Å²) >= 11 is 0. The summed E-state index contributed by atoms with van der Waals surface area (Å²) in [6.45, 7) is 12.3. The summed E-state index contributed by atoms with van der Waals surface area (Å²) in [5.74, 6) is 0. The summed E-state index contributed by atoms with van der Waals surface area (Å²) in [5, 5.41) is 3.17. The smallest absolute Gasteiger partial charge is 0.131 e. The van der Waals surface area contributed by atoms with Gasteiger partial charge in [0.15, 0.2) is 0 Å². The van der Waals surface area contributed by atoms with E-state index in [0.29, 0.717) is 5.69 Å². The van der Waals surface area contributed by atoms with Crippen molar-refractivity contribution in [2.45, 2.75) is 40.0 Å².